The van der Waals surface area contributed by atoms with Crippen LogP contribution in [0.1, 0.15) is 23.2 Å². The van der Waals surface area contributed by atoms with Crippen molar-refractivity contribution in [2.75, 3.05) is 32.4 Å². The van der Waals surface area contributed by atoms with Crippen molar-refractivity contribution in [1.82, 2.24) is 10.2 Å². The molecule has 1 aromatic rings. The molecule has 1 aromatic carbocycles. The first-order valence-electron chi connectivity index (χ1n) is 7.01. The molecular formula is C14H20N4O3. The number of piperidine rings is 1. The van der Waals surface area contributed by atoms with Crippen molar-refractivity contribution < 1.29 is 9.72 Å². The first kappa shape index (κ1) is 15.2. The summed E-state index contributed by atoms with van der Waals surface area (Å²) < 4.78 is 0. The quantitative estimate of drug-likeness (QED) is 0.494. The lowest BCUT2D eigenvalue weighted by molar-refractivity contribution is -0.383. The maximum atomic E-state index is 12.5. The molecule has 7 heteroatoms. The van der Waals surface area contributed by atoms with Crippen LogP contribution in [0.15, 0.2) is 18.2 Å². The van der Waals surface area contributed by atoms with Crippen LogP contribution >= 0.6 is 0 Å². The fourth-order valence-electron chi connectivity index (χ4n) is 2.70. The Hall–Kier alpha value is -2.15. The van der Waals surface area contributed by atoms with Gasteiger partial charge in [-0.1, -0.05) is 6.07 Å². The van der Waals surface area contributed by atoms with Crippen LogP contribution < -0.4 is 11.1 Å². The summed E-state index contributed by atoms with van der Waals surface area (Å²) in [4.78, 5) is 24.5. The Balaban J connectivity index is 2.11. The van der Waals surface area contributed by atoms with E-state index < -0.39 is 4.92 Å². The summed E-state index contributed by atoms with van der Waals surface area (Å²) in [5.41, 5.74) is 5.72. The Morgan fingerprint density at radius 1 is 1.48 bits per heavy atom. The van der Waals surface area contributed by atoms with Gasteiger partial charge in [-0.2, -0.15) is 0 Å². The zero-order valence-corrected chi connectivity index (χ0v) is 12.0. The van der Waals surface area contributed by atoms with Crippen LogP contribution in [0.4, 0.5) is 11.4 Å². The lowest BCUT2D eigenvalue weighted by Crippen LogP contribution is -2.40. The third-order valence-electron chi connectivity index (χ3n) is 3.90. The van der Waals surface area contributed by atoms with E-state index in [1.54, 1.807) is 11.0 Å². The van der Waals surface area contributed by atoms with Crippen LogP contribution in [0.3, 0.4) is 0 Å². The molecule has 0 radical (unpaired) electrons. The summed E-state index contributed by atoms with van der Waals surface area (Å²) in [6, 6.07) is 4.35. The Morgan fingerprint density at radius 3 is 2.71 bits per heavy atom. The van der Waals surface area contributed by atoms with E-state index in [-0.39, 0.29) is 22.8 Å². The molecule has 1 fully saturated rings. The van der Waals surface area contributed by atoms with Gasteiger partial charge in [0.15, 0.2) is 0 Å². The van der Waals surface area contributed by atoms with Crippen LogP contribution in [0.5, 0.6) is 0 Å². The number of hydrogen-bond acceptors (Lipinski definition) is 5. The second-order valence-corrected chi connectivity index (χ2v) is 5.29. The van der Waals surface area contributed by atoms with E-state index >= 15 is 0 Å². The predicted molar refractivity (Wildman–Crippen MR) is 80.1 cm³/mol. The Morgan fingerprint density at radius 2 is 2.14 bits per heavy atom. The van der Waals surface area contributed by atoms with Crippen molar-refractivity contribution in [3.63, 3.8) is 0 Å². The second kappa shape index (κ2) is 6.53. The number of nitrogens with two attached hydrogens (primary N) is 1. The van der Waals surface area contributed by atoms with Gasteiger partial charge in [-0.25, -0.2) is 0 Å². The first-order chi connectivity index (χ1) is 10.0. The molecule has 3 N–H and O–H groups in total. The highest BCUT2D eigenvalue weighted by molar-refractivity contribution is 6.01. The fraction of sp³-hybridized carbons (Fsp3) is 0.500. The third-order valence-corrected chi connectivity index (χ3v) is 3.90. The van der Waals surface area contributed by atoms with Gasteiger partial charge in [0.1, 0.15) is 5.69 Å². The molecule has 1 aliphatic heterocycles. The maximum absolute atomic E-state index is 12.5. The van der Waals surface area contributed by atoms with E-state index in [9.17, 15) is 14.9 Å². The third kappa shape index (κ3) is 3.30. The Labute approximate surface area is 123 Å². The molecule has 0 aliphatic carbocycles. The predicted octanol–water partition coefficient (Wildman–Crippen LogP) is 1.25. The molecule has 114 valence electrons. The molecule has 2 rings (SSSR count). The van der Waals surface area contributed by atoms with Crippen LogP contribution in [0.2, 0.25) is 0 Å². The van der Waals surface area contributed by atoms with Gasteiger partial charge in [0.05, 0.1) is 10.5 Å². The van der Waals surface area contributed by atoms with E-state index in [0.29, 0.717) is 19.0 Å². The number of nitro groups is 1. The monoisotopic (exact) mass is 292 g/mol. The van der Waals surface area contributed by atoms with Crippen LogP contribution in [-0.4, -0.2) is 42.4 Å². The fourth-order valence-corrected chi connectivity index (χ4v) is 2.70. The van der Waals surface area contributed by atoms with Gasteiger partial charge in [-0.05, 0) is 38.4 Å². The highest BCUT2D eigenvalue weighted by atomic mass is 16.6. The summed E-state index contributed by atoms with van der Waals surface area (Å²) in [5, 5.41) is 14.0. The molecule has 0 saturated carbocycles. The molecule has 0 atom stereocenters. The minimum absolute atomic E-state index is 0.0511. The standard InChI is InChI=1S/C14H20N4O3/c1-16-9-10-5-7-17(8-6-10)14(19)11-3-2-4-12(13(11)15)18(20)21/h2-4,10,16H,5-9,15H2,1H3. The minimum Gasteiger partial charge on any atom is -0.393 e. The molecule has 1 saturated heterocycles. The highest BCUT2D eigenvalue weighted by Gasteiger charge is 2.26. The van der Waals surface area contributed by atoms with Gasteiger partial charge in [-0.3, -0.25) is 14.9 Å². The molecule has 0 aromatic heterocycles. The summed E-state index contributed by atoms with van der Waals surface area (Å²) in [5.74, 6) is 0.348. The normalized spacial score (nSPS) is 16.0. The number of likely N-dealkylation sites (tertiary alicyclic amines) is 1. The number of rotatable bonds is 4. The molecule has 21 heavy (non-hydrogen) atoms. The molecule has 0 bridgehead atoms. The van der Waals surface area contributed by atoms with Gasteiger partial charge >= 0.3 is 0 Å². The van der Waals surface area contributed by atoms with E-state index in [2.05, 4.69) is 5.32 Å². The number of nitrogens with zero attached hydrogens (tertiary/aromatic N) is 2. The number of carbonyl (C=O) groups is 1. The largest absolute Gasteiger partial charge is 0.393 e. The smallest absolute Gasteiger partial charge is 0.292 e. The number of nitrogens with one attached hydrogen (secondary N) is 1. The summed E-state index contributed by atoms with van der Waals surface area (Å²) in [6.45, 7) is 2.27. The number of carbonyl (C=O) groups excluding carboxylic acids is 1. The Kier molecular flexibility index (Phi) is 4.74. The van der Waals surface area contributed by atoms with Crippen molar-refractivity contribution in [2.24, 2.45) is 5.92 Å². The summed E-state index contributed by atoms with van der Waals surface area (Å²) in [7, 11) is 1.92. The van der Waals surface area contributed by atoms with E-state index in [4.69, 9.17) is 5.73 Å². The zero-order valence-electron chi connectivity index (χ0n) is 12.0. The molecule has 0 spiro atoms. The number of para-hydroxylation sites is 1. The van der Waals surface area contributed by atoms with E-state index in [1.807, 2.05) is 7.05 Å². The topological polar surface area (TPSA) is 102 Å². The number of hydrogen-bond donors (Lipinski definition) is 2. The number of amides is 1. The van der Waals surface area contributed by atoms with Crippen LogP contribution in [0, 0.1) is 16.0 Å². The van der Waals surface area contributed by atoms with Crippen LogP contribution in [-0.2, 0) is 0 Å². The molecule has 1 heterocycles. The average molecular weight is 292 g/mol. The highest BCUT2D eigenvalue weighted by Crippen LogP contribution is 2.27. The molecular weight excluding hydrogens is 272 g/mol. The molecule has 1 aliphatic rings. The zero-order chi connectivity index (χ0) is 15.4. The van der Waals surface area contributed by atoms with Crippen LogP contribution in [0.25, 0.3) is 0 Å². The maximum Gasteiger partial charge on any atom is 0.292 e. The van der Waals surface area contributed by atoms with Gasteiger partial charge < -0.3 is 16.0 Å². The van der Waals surface area contributed by atoms with Gasteiger partial charge in [-0.15, -0.1) is 0 Å². The van der Waals surface area contributed by atoms with Crippen molar-refractivity contribution in [3.8, 4) is 0 Å². The summed E-state index contributed by atoms with van der Waals surface area (Å²) >= 11 is 0. The number of benzene rings is 1. The lowest BCUT2D eigenvalue weighted by atomic mass is 9.96. The Bertz CT molecular complexity index is 539. The van der Waals surface area contributed by atoms with Crippen molar-refractivity contribution in [1.29, 1.82) is 0 Å². The minimum atomic E-state index is -0.564. The number of anilines is 1. The van der Waals surface area contributed by atoms with Gasteiger partial charge in [0.25, 0.3) is 11.6 Å². The molecule has 0 unspecified atom stereocenters. The summed E-state index contributed by atoms with van der Waals surface area (Å²) in [6.07, 6.45) is 1.86. The van der Waals surface area contributed by atoms with E-state index in [0.717, 1.165) is 19.4 Å². The SMILES string of the molecule is CNCC1CCN(C(=O)c2cccc([N+](=O)[O-])c2N)CC1. The van der Waals surface area contributed by atoms with E-state index in [1.165, 1.54) is 12.1 Å². The molecule has 7 nitrogen and oxygen atoms in total. The lowest BCUT2D eigenvalue weighted by Gasteiger charge is -2.32. The molecule has 1 amide bonds. The number of nitro benzene ring substituents is 1. The average Bonchev–Trinajstić information content (AvgIpc) is 2.47. The second-order valence-electron chi connectivity index (χ2n) is 5.29. The van der Waals surface area contributed by atoms with Crippen molar-refractivity contribution in [3.05, 3.63) is 33.9 Å². The van der Waals surface area contributed by atoms with Gasteiger partial charge in [0.2, 0.25) is 0 Å². The van der Waals surface area contributed by atoms with Crippen molar-refractivity contribution >= 4 is 17.3 Å². The van der Waals surface area contributed by atoms with Gasteiger partial charge in [0, 0.05) is 19.2 Å². The van der Waals surface area contributed by atoms with Crippen molar-refractivity contribution in [2.45, 2.75) is 12.8 Å². The number of nitrogen functional groups attached to an aromatic ring is 1. The first-order valence-corrected chi connectivity index (χ1v) is 7.01.